The van der Waals surface area contributed by atoms with Gasteiger partial charge in [-0.1, -0.05) is 12.1 Å². The van der Waals surface area contributed by atoms with Crippen LogP contribution in [0.5, 0.6) is 5.75 Å². The van der Waals surface area contributed by atoms with Crippen molar-refractivity contribution in [1.29, 1.82) is 0 Å². The molecule has 0 spiro atoms. The van der Waals surface area contributed by atoms with Crippen LogP contribution in [-0.2, 0) is 18.3 Å². The van der Waals surface area contributed by atoms with Gasteiger partial charge in [0.25, 0.3) is 0 Å². The molecule has 2 aromatic carbocycles. The average Bonchev–Trinajstić information content (AvgIpc) is 3.10. The summed E-state index contributed by atoms with van der Waals surface area (Å²) >= 11 is 0. The van der Waals surface area contributed by atoms with Gasteiger partial charge >= 0.3 is 0 Å². The molecule has 2 heterocycles. The van der Waals surface area contributed by atoms with Crippen LogP contribution in [0.2, 0.25) is 0 Å². The van der Waals surface area contributed by atoms with Crippen LogP contribution in [0.4, 0.5) is 10.2 Å². The number of methoxy groups -OCH3 is 1. The first-order valence-corrected chi connectivity index (χ1v) is 9.71. The van der Waals surface area contributed by atoms with E-state index in [1.165, 1.54) is 12.1 Å². The van der Waals surface area contributed by atoms with E-state index in [1.807, 2.05) is 36.4 Å². The number of carbonyl (C=O) groups excluding carboxylic acids is 1. The van der Waals surface area contributed by atoms with E-state index in [1.54, 1.807) is 43.4 Å². The number of halogens is 1. The molecule has 0 unspecified atom stereocenters. The smallest absolute Gasteiger partial charge is 0.229 e. The van der Waals surface area contributed by atoms with Gasteiger partial charge in [0.05, 0.1) is 19.1 Å². The molecular weight excluding hydrogens is 395 g/mol. The highest BCUT2D eigenvalue weighted by molar-refractivity contribution is 5.99. The van der Waals surface area contributed by atoms with Crippen molar-refractivity contribution in [1.82, 2.24) is 14.8 Å². The van der Waals surface area contributed by atoms with Crippen LogP contribution in [0.1, 0.15) is 5.56 Å². The molecule has 0 radical (unpaired) electrons. The summed E-state index contributed by atoms with van der Waals surface area (Å²) in [6.07, 6.45) is 3.54. The normalized spacial score (nSPS) is 10.7. The molecule has 2 aromatic heterocycles. The number of carbonyl (C=O) groups is 1. The maximum Gasteiger partial charge on any atom is 0.229 e. The van der Waals surface area contributed by atoms with Crippen LogP contribution in [-0.4, -0.2) is 27.8 Å². The molecule has 31 heavy (non-hydrogen) atoms. The number of anilines is 1. The highest BCUT2D eigenvalue weighted by Gasteiger charge is 2.21. The maximum absolute atomic E-state index is 13.4. The van der Waals surface area contributed by atoms with Crippen LogP contribution in [0, 0.1) is 5.82 Å². The standard InChI is InChI=1S/C24H21FN4O2/c1-29-24(27-21(30)15-16-4-3-5-20(14-16)31-2)22(17-10-12-26-13-11-17)23(28-29)18-6-8-19(25)9-7-18/h3-14H,15H2,1-2H3,(H,27,30). The molecule has 4 rings (SSSR count). The number of rotatable bonds is 6. The van der Waals surface area contributed by atoms with Crippen LogP contribution in [0.15, 0.2) is 73.1 Å². The molecule has 6 nitrogen and oxygen atoms in total. The van der Waals surface area contributed by atoms with Crippen molar-refractivity contribution < 1.29 is 13.9 Å². The first-order chi connectivity index (χ1) is 15.0. The molecule has 0 bridgehead atoms. The van der Waals surface area contributed by atoms with E-state index in [9.17, 15) is 9.18 Å². The first-order valence-electron chi connectivity index (χ1n) is 9.71. The van der Waals surface area contributed by atoms with E-state index in [4.69, 9.17) is 4.74 Å². The summed E-state index contributed by atoms with van der Waals surface area (Å²) in [7, 11) is 3.35. The third kappa shape index (κ3) is 4.45. The number of aryl methyl sites for hydroxylation is 1. The summed E-state index contributed by atoms with van der Waals surface area (Å²) in [6, 6.07) is 17.2. The number of benzene rings is 2. The molecule has 0 saturated heterocycles. The Morgan fingerprint density at radius 1 is 1.06 bits per heavy atom. The van der Waals surface area contributed by atoms with E-state index in [2.05, 4.69) is 15.4 Å². The van der Waals surface area contributed by atoms with Crippen LogP contribution in [0.25, 0.3) is 22.4 Å². The van der Waals surface area contributed by atoms with Crippen LogP contribution >= 0.6 is 0 Å². The molecule has 1 N–H and O–H groups in total. The van der Waals surface area contributed by atoms with Gasteiger partial charge in [-0.15, -0.1) is 0 Å². The zero-order chi connectivity index (χ0) is 21.8. The van der Waals surface area contributed by atoms with Crippen molar-refractivity contribution in [2.24, 2.45) is 7.05 Å². The SMILES string of the molecule is COc1cccc(CC(=O)Nc2c(-c3ccncc3)c(-c3ccc(F)cc3)nn2C)c1. The van der Waals surface area contributed by atoms with Gasteiger partial charge in [0.15, 0.2) is 0 Å². The fourth-order valence-corrected chi connectivity index (χ4v) is 3.41. The Hall–Kier alpha value is -4.00. The number of ether oxygens (including phenoxy) is 1. The first kappa shape index (κ1) is 20.3. The maximum atomic E-state index is 13.4. The average molecular weight is 416 g/mol. The minimum atomic E-state index is -0.322. The van der Waals surface area contributed by atoms with Crippen LogP contribution in [0.3, 0.4) is 0 Å². The summed E-state index contributed by atoms with van der Waals surface area (Å²) in [6.45, 7) is 0. The molecule has 156 valence electrons. The van der Waals surface area contributed by atoms with E-state index in [0.717, 1.165) is 22.3 Å². The van der Waals surface area contributed by atoms with Crippen molar-refractivity contribution in [3.05, 3.63) is 84.4 Å². The molecule has 0 fully saturated rings. The molecule has 7 heteroatoms. The van der Waals surface area contributed by atoms with Crippen molar-refractivity contribution >= 4 is 11.7 Å². The topological polar surface area (TPSA) is 69.0 Å². The quantitative estimate of drug-likeness (QED) is 0.503. The van der Waals surface area contributed by atoms with Crippen molar-refractivity contribution in [2.45, 2.75) is 6.42 Å². The summed E-state index contributed by atoms with van der Waals surface area (Å²) < 4.78 is 20.3. The number of hydrogen-bond donors (Lipinski definition) is 1. The molecule has 0 aliphatic carbocycles. The summed E-state index contributed by atoms with van der Waals surface area (Å²) in [5.41, 5.74) is 3.82. The lowest BCUT2D eigenvalue weighted by Gasteiger charge is -2.10. The third-order valence-electron chi connectivity index (χ3n) is 4.89. The molecule has 4 aromatic rings. The Bertz CT molecular complexity index is 1200. The second kappa shape index (κ2) is 8.79. The molecule has 1 amide bonds. The number of amides is 1. The van der Waals surface area contributed by atoms with E-state index < -0.39 is 0 Å². The number of pyridine rings is 1. The molecule has 0 aliphatic heterocycles. The number of nitrogens with one attached hydrogen (secondary N) is 1. The van der Waals surface area contributed by atoms with Crippen molar-refractivity contribution in [3.63, 3.8) is 0 Å². The van der Waals surface area contributed by atoms with Gasteiger partial charge in [0.1, 0.15) is 23.1 Å². The Balaban J connectivity index is 1.71. The second-order valence-corrected chi connectivity index (χ2v) is 7.02. The fraction of sp³-hybridized carbons (Fsp3) is 0.125. The Labute approximate surface area is 179 Å². The van der Waals surface area contributed by atoms with Gasteiger partial charge in [-0.3, -0.25) is 14.5 Å². The Morgan fingerprint density at radius 2 is 1.81 bits per heavy atom. The van der Waals surface area contributed by atoms with Gasteiger partial charge < -0.3 is 10.1 Å². The zero-order valence-electron chi connectivity index (χ0n) is 17.2. The number of nitrogens with zero attached hydrogens (tertiary/aromatic N) is 3. The van der Waals surface area contributed by atoms with Crippen molar-refractivity contribution in [3.8, 4) is 28.1 Å². The highest BCUT2D eigenvalue weighted by atomic mass is 19.1. The lowest BCUT2D eigenvalue weighted by atomic mass is 10.0. The molecular formula is C24H21FN4O2. The zero-order valence-corrected chi connectivity index (χ0v) is 17.2. The van der Waals surface area contributed by atoms with E-state index >= 15 is 0 Å². The molecule has 0 saturated carbocycles. The van der Waals surface area contributed by atoms with Gasteiger partial charge in [-0.25, -0.2) is 4.39 Å². The van der Waals surface area contributed by atoms with Gasteiger partial charge in [-0.2, -0.15) is 5.10 Å². The predicted molar refractivity (Wildman–Crippen MR) is 117 cm³/mol. The summed E-state index contributed by atoms with van der Waals surface area (Å²) in [4.78, 5) is 16.9. The number of hydrogen-bond acceptors (Lipinski definition) is 4. The molecule has 0 atom stereocenters. The highest BCUT2D eigenvalue weighted by Crippen LogP contribution is 2.37. The largest absolute Gasteiger partial charge is 0.497 e. The van der Waals surface area contributed by atoms with E-state index in [0.29, 0.717) is 17.3 Å². The monoisotopic (exact) mass is 416 g/mol. The van der Waals surface area contributed by atoms with Crippen LogP contribution < -0.4 is 10.1 Å². The minimum Gasteiger partial charge on any atom is -0.497 e. The fourth-order valence-electron chi connectivity index (χ4n) is 3.41. The lowest BCUT2D eigenvalue weighted by Crippen LogP contribution is -2.17. The second-order valence-electron chi connectivity index (χ2n) is 7.02. The Morgan fingerprint density at radius 3 is 2.52 bits per heavy atom. The Kier molecular flexibility index (Phi) is 5.75. The summed E-state index contributed by atoms with van der Waals surface area (Å²) in [5, 5.41) is 7.60. The number of aromatic nitrogens is 3. The van der Waals surface area contributed by atoms with Crippen molar-refractivity contribution in [2.75, 3.05) is 12.4 Å². The summed E-state index contributed by atoms with van der Waals surface area (Å²) in [5.74, 6) is 0.745. The lowest BCUT2D eigenvalue weighted by molar-refractivity contribution is -0.115. The predicted octanol–water partition coefficient (Wildman–Crippen LogP) is 4.48. The van der Waals surface area contributed by atoms with Gasteiger partial charge in [0.2, 0.25) is 5.91 Å². The molecule has 0 aliphatic rings. The van der Waals surface area contributed by atoms with E-state index in [-0.39, 0.29) is 18.1 Å². The third-order valence-corrected chi connectivity index (χ3v) is 4.89. The van der Waals surface area contributed by atoms with Gasteiger partial charge in [-0.05, 0) is 59.7 Å². The van der Waals surface area contributed by atoms with Gasteiger partial charge in [0, 0.05) is 25.0 Å². The minimum absolute atomic E-state index is 0.183.